The summed E-state index contributed by atoms with van der Waals surface area (Å²) < 4.78 is 0.0479. The van der Waals surface area contributed by atoms with Crippen LogP contribution in [0.25, 0.3) is 0 Å². The molecule has 0 bridgehead atoms. The number of hydrogen-bond donors (Lipinski definition) is 1. The Morgan fingerprint density at radius 1 is 1.58 bits per heavy atom. The van der Waals surface area contributed by atoms with Crippen molar-refractivity contribution in [3.8, 4) is 0 Å². The Hall–Kier alpha value is 0.123. The molecule has 0 aromatic heterocycles. The van der Waals surface area contributed by atoms with Crippen LogP contribution in [0.1, 0.15) is 6.92 Å². The average molecular weight is 265 g/mol. The second-order valence-corrected chi connectivity index (χ2v) is 2.55. The summed E-state index contributed by atoms with van der Waals surface area (Å²) in [5.74, 6) is -1.21. The Labute approximate surface area is 93.7 Å². The van der Waals surface area contributed by atoms with E-state index in [2.05, 4.69) is 30.2 Å². The summed E-state index contributed by atoms with van der Waals surface area (Å²) in [6.07, 6.45) is 0. The third kappa shape index (κ3) is 12.8. The van der Waals surface area contributed by atoms with Gasteiger partial charge in [-0.15, -0.1) is 0 Å². The van der Waals surface area contributed by atoms with Crippen LogP contribution in [0.4, 0.5) is 0 Å². The van der Waals surface area contributed by atoms with E-state index in [1.165, 1.54) is 6.92 Å². The average Bonchev–Trinajstić information content (AvgIpc) is 1.63. The number of aliphatic carboxylic acids is 1. The molecule has 68 valence electrons. The molecule has 0 aromatic rings. The molecule has 0 saturated carbocycles. The number of carboxylic acids is 1. The van der Waals surface area contributed by atoms with Gasteiger partial charge < -0.3 is 51.0 Å². The van der Waals surface area contributed by atoms with Gasteiger partial charge in [0.05, 0.1) is 12.0 Å². The summed E-state index contributed by atoms with van der Waals surface area (Å²) in [5.41, 5.74) is 0. The van der Waals surface area contributed by atoms with Gasteiger partial charge in [-0.2, -0.15) is 0 Å². The third-order valence-corrected chi connectivity index (χ3v) is 0.924. The second-order valence-electron chi connectivity index (χ2n) is 1.47. The van der Waals surface area contributed by atoms with E-state index in [0.29, 0.717) is 0 Å². The summed E-state index contributed by atoms with van der Waals surface area (Å²) >= 11 is 8.81. The van der Waals surface area contributed by atoms with Crippen LogP contribution in [0, 0.1) is 0 Å². The number of thiocarbonyl (C=S) groups is 1. The quantitative estimate of drug-likeness (QED) is 0.322. The molecule has 0 aliphatic rings. The first-order chi connectivity index (χ1) is 4.04. The van der Waals surface area contributed by atoms with Crippen molar-refractivity contribution >= 4 is 35.1 Å². The van der Waals surface area contributed by atoms with Gasteiger partial charge in [0.15, 0.2) is 0 Å². The monoisotopic (exact) mass is 263 g/mol. The summed E-state index contributed by atoms with van der Waals surface area (Å²) in [6.45, 7) is 1.41. The number of carbonyl (C=O) groups is 1. The molecular formula is C4H9NO4S2Zn. The van der Waals surface area contributed by atoms with Crippen molar-refractivity contribution in [3.05, 3.63) is 0 Å². The Kier molecular flexibility index (Phi) is 21.1. The van der Waals surface area contributed by atoms with Gasteiger partial charge in [-0.25, -0.2) is 0 Å². The van der Waals surface area contributed by atoms with Gasteiger partial charge in [-0.1, -0.05) is 4.32 Å². The van der Waals surface area contributed by atoms with Gasteiger partial charge >= 0.3 is 19.5 Å². The Morgan fingerprint density at radius 3 is 2.00 bits per heavy atom. The molecule has 0 saturated heterocycles. The first kappa shape index (κ1) is 22.7. The van der Waals surface area contributed by atoms with Crippen LogP contribution in [-0.4, -0.2) is 27.3 Å². The number of nitrogens with one attached hydrogen (secondary N) is 1. The fourth-order valence-corrected chi connectivity index (χ4v) is 0.589. The van der Waals surface area contributed by atoms with E-state index in [1.54, 1.807) is 0 Å². The minimum atomic E-state index is -1.21. The zero-order chi connectivity index (χ0) is 7.44. The fourth-order valence-electron chi connectivity index (χ4n) is 0.236. The summed E-state index contributed by atoms with van der Waals surface area (Å²) in [5, 5.41) is 12.3. The van der Waals surface area contributed by atoms with Crippen LogP contribution >= 0.6 is 12.2 Å². The predicted octanol–water partition coefficient (Wildman–Crippen LogP) is -3.11. The first-order valence-corrected chi connectivity index (χ1v) is 3.04. The SMILES string of the molecule is C[C@H](NC(=S)[S-])C(=O)[O-].O.O.[Zn+2]. The molecule has 0 aromatic carbocycles. The smallest absolute Gasteiger partial charge is 0.548 e. The Bertz CT molecular complexity index is 145. The fraction of sp³-hybridized carbons (Fsp3) is 0.500. The van der Waals surface area contributed by atoms with Gasteiger partial charge in [0.1, 0.15) is 0 Å². The van der Waals surface area contributed by atoms with Crippen molar-refractivity contribution in [3.63, 3.8) is 0 Å². The van der Waals surface area contributed by atoms with Crippen molar-refractivity contribution in [2.24, 2.45) is 0 Å². The van der Waals surface area contributed by atoms with Crippen molar-refractivity contribution in [1.29, 1.82) is 0 Å². The molecule has 0 spiro atoms. The molecule has 0 unspecified atom stereocenters. The molecule has 0 rings (SSSR count). The number of carboxylic acid groups (broad SMARTS) is 1. The zero-order valence-electron chi connectivity index (χ0n) is 6.42. The van der Waals surface area contributed by atoms with Gasteiger partial charge in [0.25, 0.3) is 0 Å². The van der Waals surface area contributed by atoms with E-state index in [4.69, 9.17) is 0 Å². The van der Waals surface area contributed by atoms with E-state index < -0.39 is 12.0 Å². The van der Waals surface area contributed by atoms with Crippen LogP contribution in [0.2, 0.25) is 0 Å². The predicted molar refractivity (Wildman–Crippen MR) is 44.8 cm³/mol. The molecular weight excluding hydrogens is 256 g/mol. The molecule has 0 fully saturated rings. The second kappa shape index (κ2) is 11.1. The number of hydrogen-bond acceptors (Lipinski definition) is 4. The van der Waals surface area contributed by atoms with Crippen LogP contribution in [0.15, 0.2) is 0 Å². The van der Waals surface area contributed by atoms with Crippen LogP contribution in [0.5, 0.6) is 0 Å². The Balaban J connectivity index is -0.000000107. The van der Waals surface area contributed by atoms with E-state index in [-0.39, 0.29) is 34.8 Å². The summed E-state index contributed by atoms with van der Waals surface area (Å²) in [4.78, 5) is 9.96. The van der Waals surface area contributed by atoms with Crippen molar-refractivity contribution in [2.75, 3.05) is 0 Å². The van der Waals surface area contributed by atoms with Crippen LogP contribution < -0.4 is 10.4 Å². The number of carbonyl (C=O) groups excluding carboxylic acids is 1. The van der Waals surface area contributed by atoms with E-state index >= 15 is 0 Å². The molecule has 5 nitrogen and oxygen atoms in total. The van der Waals surface area contributed by atoms with E-state index in [0.717, 1.165) is 0 Å². The molecule has 0 aliphatic carbocycles. The molecule has 1 atom stereocenters. The Morgan fingerprint density at radius 2 is 1.92 bits per heavy atom. The minimum absolute atomic E-state index is 0. The van der Waals surface area contributed by atoms with Crippen LogP contribution in [0.3, 0.4) is 0 Å². The molecule has 8 heteroatoms. The van der Waals surface area contributed by atoms with Gasteiger partial charge in [-0.05, 0) is 6.92 Å². The molecule has 0 heterocycles. The van der Waals surface area contributed by atoms with Gasteiger partial charge in [0, 0.05) is 0 Å². The van der Waals surface area contributed by atoms with Gasteiger partial charge in [-0.3, -0.25) is 0 Å². The van der Waals surface area contributed by atoms with Crippen molar-refractivity contribution < 1.29 is 40.3 Å². The summed E-state index contributed by atoms with van der Waals surface area (Å²) in [7, 11) is 0. The molecule has 0 radical (unpaired) electrons. The minimum Gasteiger partial charge on any atom is -0.548 e. The maximum atomic E-state index is 9.96. The maximum Gasteiger partial charge on any atom is 2.00 e. The zero-order valence-corrected chi connectivity index (χ0v) is 11.0. The molecule has 12 heavy (non-hydrogen) atoms. The van der Waals surface area contributed by atoms with E-state index in [9.17, 15) is 9.90 Å². The topological polar surface area (TPSA) is 115 Å². The molecule has 0 amide bonds. The van der Waals surface area contributed by atoms with Crippen molar-refractivity contribution in [2.45, 2.75) is 13.0 Å². The first-order valence-electron chi connectivity index (χ1n) is 2.22. The maximum absolute atomic E-state index is 9.96. The summed E-state index contributed by atoms with van der Waals surface area (Å²) in [6, 6.07) is -0.796. The van der Waals surface area contributed by atoms with Crippen LogP contribution in [-0.2, 0) is 36.9 Å². The standard InChI is InChI=1S/C4H7NO2S2.2H2O.Zn/c1-2(3(6)7)5-4(8)9;;;/h2H,1H3,(H,6,7)(H2,5,8,9);2*1H2;/q;;;+2/p-2/t2-;;;/m0.../s1. The largest absolute Gasteiger partial charge is 2.00 e. The van der Waals surface area contributed by atoms with Crippen molar-refractivity contribution in [1.82, 2.24) is 5.32 Å². The normalized spacial score (nSPS) is 9.08. The van der Waals surface area contributed by atoms with E-state index in [1.807, 2.05) is 0 Å². The third-order valence-electron chi connectivity index (χ3n) is 0.688. The van der Waals surface area contributed by atoms with Gasteiger partial charge in [0.2, 0.25) is 0 Å². The number of rotatable bonds is 2. The molecule has 5 N–H and O–H groups in total. The molecule has 0 aliphatic heterocycles.